The first kappa shape index (κ1) is 27.6. The molecule has 7 nitrogen and oxygen atoms in total. The molecular weight excluding hydrogens is 495 g/mol. The molecule has 1 saturated heterocycles. The first-order valence-electron chi connectivity index (χ1n) is 11.3. The maximum absolute atomic E-state index is 13.3. The maximum Gasteiger partial charge on any atom is 0.416 e. The summed E-state index contributed by atoms with van der Waals surface area (Å²) in [6.07, 6.45) is -2.30. The lowest BCUT2D eigenvalue weighted by Crippen LogP contribution is -2.45. The van der Waals surface area contributed by atoms with Crippen LogP contribution in [0.4, 0.5) is 24.5 Å². The van der Waals surface area contributed by atoms with Crippen molar-refractivity contribution in [3.63, 3.8) is 0 Å². The molecule has 1 fully saturated rings. The van der Waals surface area contributed by atoms with Gasteiger partial charge in [0.25, 0.3) is 0 Å². The zero-order valence-electron chi connectivity index (χ0n) is 19.7. The van der Waals surface area contributed by atoms with Crippen molar-refractivity contribution in [3.8, 4) is 0 Å². The van der Waals surface area contributed by atoms with Gasteiger partial charge in [0.05, 0.1) is 16.9 Å². The van der Waals surface area contributed by atoms with Gasteiger partial charge in [-0.1, -0.05) is 23.9 Å². The number of carboxylic acids is 2. The van der Waals surface area contributed by atoms with Crippen LogP contribution in [0.3, 0.4) is 0 Å². The van der Waals surface area contributed by atoms with E-state index in [9.17, 15) is 22.8 Å². The molecule has 2 aromatic carbocycles. The summed E-state index contributed by atoms with van der Waals surface area (Å²) in [5.74, 6) is -2.51. The number of alkyl halides is 3. The van der Waals surface area contributed by atoms with Crippen molar-refractivity contribution in [2.75, 3.05) is 51.2 Å². The Balaban J connectivity index is 0.000000392. The molecule has 0 unspecified atom stereocenters. The Morgan fingerprint density at radius 3 is 2.14 bits per heavy atom. The predicted molar refractivity (Wildman–Crippen MR) is 132 cm³/mol. The number of halogens is 3. The van der Waals surface area contributed by atoms with Gasteiger partial charge in [0.15, 0.2) is 0 Å². The van der Waals surface area contributed by atoms with Crippen LogP contribution in [0.25, 0.3) is 0 Å². The summed E-state index contributed by atoms with van der Waals surface area (Å²) in [4.78, 5) is 27.9. The van der Waals surface area contributed by atoms with Crippen LogP contribution in [0.15, 0.2) is 64.4 Å². The highest BCUT2D eigenvalue weighted by molar-refractivity contribution is 7.99. The summed E-state index contributed by atoms with van der Waals surface area (Å²) < 4.78 is 39.8. The summed E-state index contributed by atoms with van der Waals surface area (Å²) >= 11 is 1.54. The fourth-order valence-electron chi connectivity index (χ4n) is 3.91. The zero-order chi connectivity index (χ0) is 26.3. The molecular formula is C25H28F3N3O4S. The highest BCUT2D eigenvalue weighted by Crippen LogP contribution is 2.49. The predicted octanol–water partition coefficient (Wildman–Crippen LogP) is 4.66. The van der Waals surface area contributed by atoms with E-state index in [1.807, 2.05) is 24.3 Å². The third-order valence-corrected chi connectivity index (χ3v) is 6.90. The second-order valence-electron chi connectivity index (χ2n) is 8.41. The molecule has 11 heteroatoms. The Labute approximate surface area is 211 Å². The first-order chi connectivity index (χ1) is 17.0. The molecule has 2 aromatic rings. The lowest BCUT2D eigenvalue weighted by molar-refractivity contribution is -0.137. The van der Waals surface area contributed by atoms with Crippen molar-refractivity contribution in [3.05, 3.63) is 60.2 Å². The van der Waals surface area contributed by atoms with Gasteiger partial charge in [-0.2, -0.15) is 13.2 Å². The van der Waals surface area contributed by atoms with Crippen LogP contribution < -0.4 is 4.90 Å². The topological polar surface area (TPSA) is 84.3 Å². The second-order valence-corrected chi connectivity index (χ2v) is 9.49. The molecule has 2 heterocycles. The molecule has 194 valence electrons. The van der Waals surface area contributed by atoms with Gasteiger partial charge in [-0.15, -0.1) is 0 Å². The highest BCUT2D eigenvalue weighted by atomic mass is 32.2. The fourth-order valence-corrected chi connectivity index (χ4v) is 4.99. The van der Waals surface area contributed by atoms with E-state index in [1.54, 1.807) is 17.8 Å². The number of fused-ring (bicyclic) bond motifs is 2. The standard InChI is InChI=1S/C21H24F3N3S.C4H4O4/c1-25-11-13-26(14-12-25)9-4-10-27-17-5-2-3-6-19(17)28-20-8-7-16(15-18(20)27)21(22,23)24;5-3(6)1-2-4(7)8/h2-3,5-8,15H,4,9-14H2,1H3;1-2H,(H,5,6)(H,7,8)/b;2-1+. The monoisotopic (exact) mass is 523 g/mol. The molecule has 2 aliphatic heterocycles. The molecule has 4 rings (SSSR count). The fraction of sp³-hybridized carbons (Fsp3) is 0.360. The van der Waals surface area contributed by atoms with E-state index < -0.39 is 23.7 Å². The maximum atomic E-state index is 13.3. The lowest BCUT2D eigenvalue weighted by atomic mass is 10.1. The van der Waals surface area contributed by atoms with Crippen molar-refractivity contribution in [2.45, 2.75) is 22.4 Å². The summed E-state index contributed by atoms with van der Waals surface area (Å²) in [5, 5.41) is 15.6. The number of carboxylic acid groups (broad SMARTS) is 2. The van der Waals surface area contributed by atoms with Crippen LogP contribution in [0.1, 0.15) is 12.0 Å². The van der Waals surface area contributed by atoms with E-state index in [0.29, 0.717) is 24.4 Å². The summed E-state index contributed by atoms with van der Waals surface area (Å²) in [6, 6.07) is 12.0. The smallest absolute Gasteiger partial charge is 0.416 e. The largest absolute Gasteiger partial charge is 0.478 e. The molecule has 0 spiro atoms. The Morgan fingerprint density at radius 2 is 1.53 bits per heavy atom. The molecule has 0 aromatic heterocycles. The van der Waals surface area contributed by atoms with E-state index in [-0.39, 0.29) is 0 Å². The molecule has 0 aliphatic carbocycles. The number of likely N-dealkylation sites (N-methyl/N-ethyl adjacent to an activating group) is 1. The number of benzene rings is 2. The van der Waals surface area contributed by atoms with Gasteiger partial charge in [-0.3, -0.25) is 0 Å². The SMILES string of the molecule is CN1CCN(CCCN2c3ccccc3Sc3ccc(C(F)(F)F)cc32)CC1.O=C(O)/C=C/C(=O)O. The molecule has 0 atom stereocenters. The number of rotatable bonds is 6. The minimum absolute atomic E-state index is 0.558. The molecule has 0 amide bonds. The Morgan fingerprint density at radius 1 is 0.917 bits per heavy atom. The summed E-state index contributed by atoms with van der Waals surface area (Å²) in [6.45, 7) is 5.92. The Kier molecular flexibility index (Phi) is 9.41. The molecule has 2 N–H and O–H groups in total. The van der Waals surface area contributed by atoms with Crippen LogP contribution in [-0.4, -0.2) is 78.3 Å². The average Bonchev–Trinajstić information content (AvgIpc) is 2.83. The van der Waals surface area contributed by atoms with E-state index in [2.05, 4.69) is 21.7 Å². The average molecular weight is 524 g/mol. The van der Waals surface area contributed by atoms with Crippen LogP contribution in [-0.2, 0) is 15.8 Å². The van der Waals surface area contributed by atoms with Crippen LogP contribution >= 0.6 is 11.8 Å². The summed E-state index contributed by atoms with van der Waals surface area (Å²) in [7, 11) is 2.13. The lowest BCUT2D eigenvalue weighted by Gasteiger charge is -2.35. The normalized spacial score (nSPS) is 16.2. The molecule has 0 radical (unpaired) electrons. The van der Waals surface area contributed by atoms with Crippen molar-refractivity contribution in [1.29, 1.82) is 0 Å². The molecule has 0 bridgehead atoms. The van der Waals surface area contributed by atoms with Crippen molar-refractivity contribution < 1.29 is 33.0 Å². The van der Waals surface area contributed by atoms with Crippen molar-refractivity contribution in [2.24, 2.45) is 0 Å². The van der Waals surface area contributed by atoms with E-state index in [0.717, 1.165) is 54.6 Å². The van der Waals surface area contributed by atoms with E-state index >= 15 is 0 Å². The number of anilines is 2. The van der Waals surface area contributed by atoms with Crippen LogP contribution in [0.5, 0.6) is 0 Å². The Hall–Kier alpha value is -3.02. The van der Waals surface area contributed by atoms with E-state index in [4.69, 9.17) is 10.2 Å². The number of para-hydroxylation sites is 1. The zero-order valence-corrected chi connectivity index (χ0v) is 20.6. The van der Waals surface area contributed by atoms with Crippen molar-refractivity contribution >= 4 is 35.1 Å². The minimum atomic E-state index is -4.33. The number of hydrogen-bond acceptors (Lipinski definition) is 6. The van der Waals surface area contributed by atoms with Gasteiger partial charge in [-0.05, 0) is 50.3 Å². The second kappa shape index (κ2) is 12.3. The third-order valence-electron chi connectivity index (χ3n) is 5.77. The number of hydrogen-bond donors (Lipinski definition) is 2. The van der Waals surface area contributed by atoms with Crippen molar-refractivity contribution in [1.82, 2.24) is 9.80 Å². The van der Waals surface area contributed by atoms with Gasteiger partial charge in [-0.25, -0.2) is 9.59 Å². The van der Waals surface area contributed by atoms with Gasteiger partial charge >= 0.3 is 18.1 Å². The van der Waals surface area contributed by atoms with E-state index in [1.165, 1.54) is 12.1 Å². The van der Waals surface area contributed by atoms with Crippen LogP contribution in [0.2, 0.25) is 0 Å². The number of carbonyl (C=O) groups is 2. The number of aliphatic carboxylic acids is 2. The molecule has 0 saturated carbocycles. The third kappa shape index (κ3) is 7.74. The van der Waals surface area contributed by atoms with Crippen LogP contribution in [0, 0.1) is 0 Å². The van der Waals surface area contributed by atoms with Gasteiger partial charge in [0.1, 0.15) is 0 Å². The van der Waals surface area contributed by atoms with Gasteiger partial charge in [0, 0.05) is 54.7 Å². The quantitative estimate of drug-likeness (QED) is 0.529. The van der Waals surface area contributed by atoms with Gasteiger partial charge in [0.2, 0.25) is 0 Å². The summed E-state index contributed by atoms with van der Waals surface area (Å²) in [5.41, 5.74) is 1.07. The number of piperazine rings is 1. The molecule has 36 heavy (non-hydrogen) atoms. The molecule has 2 aliphatic rings. The minimum Gasteiger partial charge on any atom is -0.478 e. The highest BCUT2D eigenvalue weighted by Gasteiger charge is 2.33. The number of nitrogens with zero attached hydrogens (tertiary/aromatic N) is 3. The first-order valence-corrected chi connectivity index (χ1v) is 12.2. The van der Waals surface area contributed by atoms with Gasteiger partial charge < -0.3 is 24.9 Å². The Bertz CT molecular complexity index is 1090.